The Hall–Kier alpha value is -1.89. The van der Waals surface area contributed by atoms with E-state index in [4.69, 9.17) is 5.84 Å². The van der Waals surface area contributed by atoms with Crippen molar-refractivity contribution >= 4 is 17.7 Å². The normalized spacial score (nSPS) is 15.0. The standard InChI is InChI=1S/C13H22N6O/c1-10-9-16-13(18-14)17-12(10)15-6-5-11(20)19-7-3-2-4-8-19/h9H,2-8,14H2,1H3,(H2,15,16,17,18). The van der Waals surface area contributed by atoms with Crippen molar-refractivity contribution in [2.75, 3.05) is 30.4 Å². The van der Waals surface area contributed by atoms with Crippen LogP contribution in [0.2, 0.25) is 0 Å². The van der Waals surface area contributed by atoms with E-state index in [9.17, 15) is 4.79 Å². The summed E-state index contributed by atoms with van der Waals surface area (Å²) in [5.41, 5.74) is 3.33. The maximum Gasteiger partial charge on any atom is 0.239 e. The fourth-order valence-corrected chi connectivity index (χ4v) is 2.28. The summed E-state index contributed by atoms with van der Waals surface area (Å²) in [7, 11) is 0. The fraction of sp³-hybridized carbons (Fsp3) is 0.615. The molecule has 7 nitrogen and oxygen atoms in total. The van der Waals surface area contributed by atoms with Gasteiger partial charge in [-0.15, -0.1) is 0 Å². The van der Waals surface area contributed by atoms with Crippen LogP contribution in [0.1, 0.15) is 31.2 Å². The smallest absolute Gasteiger partial charge is 0.239 e. The van der Waals surface area contributed by atoms with Gasteiger partial charge in [0.2, 0.25) is 11.9 Å². The second-order valence-electron chi connectivity index (χ2n) is 4.99. The molecule has 0 unspecified atom stereocenters. The molecule has 20 heavy (non-hydrogen) atoms. The van der Waals surface area contributed by atoms with Crippen LogP contribution in [-0.2, 0) is 4.79 Å². The molecule has 0 aromatic carbocycles. The van der Waals surface area contributed by atoms with Crippen LogP contribution in [0.5, 0.6) is 0 Å². The number of hydrogen-bond acceptors (Lipinski definition) is 6. The molecule has 0 saturated carbocycles. The van der Waals surface area contributed by atoms with Crippen LogP contribution in [0.4, 0.5) is 11.8 Å². The Morgan fingerprint density at radius 1 is 1.40 bits per heavy atom. The summed E-state index contributed by atoms with van der Waals surface area (Å²) < 4.78 is 0. The second-order valence-corrected chi connectivity index (χ2v) is 4.99. The van der Waals surface area contributed by atoms with Gasteiger partial charge in [0.05, 0.1) is 0 Å². The lowest BCUT2D eigenvalue weighted by atomic mass is 10.1. The van der Waals surface area contributed by atoms with Gasteiger partial charge in [0.25, 0.3) is 0 Å². The van der Waals surface area contributed by atoms with Gasteiger partial charge in [0, 0.05) is 37.8 Å². The van der Waals surface area contributed by atoms with Crippen molar-refractivity contribution < 1.29 is 4.79 Å². The number of aryl methyl sites for hydroxylation is 1. The van der Waals surface area contributed by atoms with Gasteiger partial charge in [0.15, 0.2) is 0 Å². The molecule has 7 heteroatoms. The average Bonchev–Trinajstić information content (AvgIpc) is 2.50. The van der Waals surface area contributed by atoms with Crippen molar-refractivity contribution in [2.24, 2.45) is 5.84 Å². The number of carbonyl (C=O) groups excluding carboxylic acids is 1. The number of nitrogens with zero attached hydrogens (tertiary/aromatic N) is 3. The highest BCUT2D eigenvalue weighted by Crippen LogP contribution is 2.13. The third kappa shape index (κ3) is 3.80. The lowest BCUT2D eigenvalue weighted by molar-refractivity contribution is -0.131. The first-order valence-corrected chi connectivity index (χ1v) is 7.02. The minimum atomic E-state index is 0.209. The molecule has 1 aromatic rings. The maximum absolute atomic E-state index is 12.0. The van der Waals surface area contributed by atoms with E-state index in [1.807, 2.05) is 11.8 Å². The lowest BCUT2D eigenvalue weighted by Crippen LogP contribution is -2.36. The van der Waals surface area contributed by atoms with Crippen molar-refractivity contribution in [1.29, 1.82) is 0 Å². The highest BCUT2D eigenvalue weighted by Gasteiger charge is 2.15. The van der Waals surface area contributed by atoms with Gasteiger partial charge in [-0.25, -0.2) is 10.8 Å². The Bertz CT molecular complexity index is 458. The summed E-state index contributed by atoms with van der Waals surface area (Å²) in [5, 5.41) is 3.16. The van der Waals surface area contributed by atoms with Gasteiger partial charge in [-0.1, -0.05) is 0 Å². The molecule has 0 bridgehead atoms. The predicted octanol–water partition coefficient (Wildman–Crippen LogP) is 0.885. The van der Waals surface area contributed by atoms with Crippen molar-refractivity contribution in [2.45, 2.75) is 32.6 Å². The first kappa shape index (κ1) is 14.5. The molecule has 0 atom stereocenters. The summed E-state index contributed by atoms with van der Waals surface area (Å²) in [5.74, 6) is 6.56. The van der Waals surface area contributed by atoms with E-state index < -0.39 is 0 Å². The zero-order chi connectivity index (χ0) is 14.4. The first-order valence-electron chi connectivity index (χ1n) is 7.02. The van der Waals surface area contributed by atoms with Crippen LogP contribution in [0.15, 0.2) is 6.20 Å². The van der Waals surface area contributed by atoms with Crippen molar-refractivity contribution in [3.8, 4) is 0 Å². The van der Waals surface area contributed by atoms with Crippen molar-refractivity contribution in [1.82, 2.24) is 14.9 Å². The molecule has 0 radical (unpaired) electrons. The Labute approximate surface area is 118 Å². The van der Waals surface area contributed by atoms with Gasteiger partial charge in [-0.05, 0) is 26.2 Å². The number of aromatic nitrogens is 2. The van der Waals surface area contributed by atoms with Gasteiger partial charge in [0.1, 0.15) is 5.82 Å². The zero-order valence-electron chi connectivity index (χ0n) is 11.9. The summed E-state index contributed by atoms with van der Waals surface area (Å²) in [4.78, 5) is 22.2. The number of nitrogens with two attached hydrogens (primary N) is 1. The van der Waals surface area contributed by atoms with Gasteiger partial charge in [-0.3, -0.25) is 10.2 Å². The Kier molecular flexibility index (Phi) is 5.11. The number of rotatable bonds is 5. The molecule has 0 aliphatic carbocycles. The minimum absolute atomic E-state index is 0.209. The topological polar surface area (TPSA) is 96.2 Å². The Balaban J connectivity index is 1.81. The predicted molar refractivity (Wildman–Crippen MR) is 78.1 cm³/mol. The quantitative estimate of drug-likeness (QED) is 0.546. The molecule has 1 fully saturated rings. The fourth-order valence-electron chi connectivity index (χ4n) is 2.28. The largest absolute Gasteiger partial charge is 0.369 e. The number of nitrogens with one attached hydrogen (secondary N) is 2. The van der Waals surface area contributed by atoms with E-state index in [0.717, 1.165) is 31.5 Å². The molecular weight excluding hydrogens is 256 g/mol. The maximum atomic E-state index is 12.0. The van der Waals surface area contributed by atoms with Gasteiger partial charge < -0.3 is 10.2 Å². The second kappa shape index (κ2) is 7.04. The Morgan fingerprint density at radius 3 is 2.85 bits per heavy atom. The number of piperidine rings is 1. The first-order chi connectivity index (χ1) is 9.70. The number of likely N-dealkylation sites (tertiary alicyclic amines) is 1. The van der Waals surface area contributed by atoms with Crippen LogP contribution < -0.4 is 16.6 Å². The third-order valence-corrected chi connectivity index (χ3v) is 3.44. The summed E-state index contributed by atoms with van der Waals surface area (Å²) in [6.45, 7) is 4.27. The van der Waals surface area contributed by atoms with Crippen molar-refractivity contribution in [3.05, 3.63) is 11.8 Å². The lowest BCUT2D eigenvalue weighted by Gasteiger charge is -2.26. The molecule has 2 heterocycles. The molecule has 2 rings (SSSR count). The molecule has 110 valence electrons. The number of anilines is 2. The van der Waals surface area contributed by atoms with E-state index in [2.05, 4.69) is 20.7 Å². The number of hydrogen-bond donors (Lipinski definition) is 3. The van der Waals surface area contributed by atoms with Gasteiger partial charge >= 0.3 is 0 Å². The molecule has 1 aliphatic heterocycles. The molecule has 1 aromatic heterocycles. The molecule has 1 aliphatic rings. The van der Waals surface area contributed by atoms with Gasteiger partial charge in [-0.2, -0.15) is 4.98 Å². The van der Waals surface area contributed by atoms with Crippen LogP contribution in [-0.4, -0.2) is 40.4 Å². The van der Waals surface area contributed by atoms with E-state index >= 15 is 0 Å². The average molecular weight is 278 g/mol. The summed E-state index contributed by atoms with van der Waals surface area (Å²) in [6.07, 6.45) is 5.65. The molecule has 1 amide bonds. The molecular formula is C13H22N6O. The molecule has 0 spiro atoms. The minimum Gasteiger partial charge on any atom is -0.369 e. The number of hydrazine groups is 1. The molecule has 1 saturated heterocycles. The number of nitrogen functional groups attached to an aromatic ring is 1. The van der Waals surface area contributed by atoms with Crippen LogP contribution in [0.3, 0.4) is 0 Å². The van der Waals surface area contributed by atoms with E-state index in [1.54, 1.807) is 6.20 Å². The van der Waals surface area contributed by atoms with Crippen LogP contribution in [0, 0.1) is 6.92 Å². The van der Waals surface area contributed by atoms with E-state index in [0.29, 0.717) is 24.7 Å². The molecule has 4 N–H and O–H groups in total. The van der Waals surface area contributed by atoms with Crippen molar-refractivity contribution in [3.63, 3.8) is 0 Å². The summed E-state index contributed by atoms with van der Waals surface area (Å²) >= 11 is 0. The number of carbonyl (C=O) groups is 1. The number of amides is 1. The zero-order valence-corrected chi connectivity index (χ0v) is 11.9. The van der Waals surface area contributed by atoms with Crippen LogP contribution >= 0.6 is 0 Å². The Morgan fingerprint density at radius 2 is 2.15 bits per heavy atom. The van der Waals surface area contributed by atoms with E-state index in [1.165, 1.54) is 6.42 Å². The third-order valence-electron chi connectivity index (χ3n) is 3.44. The summed E-state index contributed by atoms with van der Waals surface area (Å²) in [6, 6.07) is 0. The van der Waals surface area contributed by atoms with Crippen LogP contribution in [0.25, 0.3) is 0 Å². The monoisotopic (exact) mass is 278 g/mol. The highest BCUT2D eigenvalue weighted by molar-refractivity contribution is 5.76. The highest BCUT2D eigenvalue weighted by atomic mass is 16.2. The van der Waals surface area contributed by atoms with E-state index in [-0.39, 0.29) is 5.91 Å². The SMILES string of the molecule is Cc1cnc(NN)nc1NCCC(=O)N1CCCCC1.